The van der Waals surface area contributed by atoms with Crippen LogP contribution in [0.15, 0.2) is 36.4 Å². The largest absolute Gasteiger partial charge is 0.331 e. The maximum Gasteiger partial charge on any atom is 0.189 e. The Hall–Kier alpha value is -2.18. The van der Waals surface area contributed by atoms with Crippen molar-refractivity contribution in [2.24, 2.45) is 0 Å². The van der Waals surface area contributed by atoms with Gasteiger partial charge in [0.1, 0.15) is 0 Å². The van der Waals surface area contributed by atoms with Crippen molar-refractivity contribution in [2.45, 2.75) is 27.7 Å². The summed E-state index contributed by atoms with van der Waals surface area (Å²) in [4.78, 5) is 0. The molecule has 0 aliphatic carbocycles. The number of nitrogens with one attached hydrogen (secondary N) is 4. The molecule has 2 rings (SSSR count). The summed E-state index contributed by atoms with van der Waals surface area (Å²) in [7, 11) is 0. The van der Waals surface area contributed by atoms with E-state index in [4.69, 9.17) is 24.4 Å². The highest BCUT2D eigenvalue weighted by Gasteiger charge is 2.02. The summed E-state index contributed by atoms with van der Waals surface area (Å²) in [6.07, 6.45) is 0. The number of hydrazine groups is 1. The van der Waals surface area contributed by atoms with Crippen LogP contribution in [0.25, 0.3) is 0 Å². The maximum atomic E-state index is 5.26. The Kier molecular flexibility index (Phi) is 6.11. The van der Waals surface area contributed by atoms with E-state index in [0.717, 1.165) is 11.4 Å². The molecule has 2 aromatic rings. The Labute approximate surface area is 154 Å². The summed E-state index contributed by atoms with van der Waals surface area (Å²) in [5.74, 6) is 0. The molecule has 0 spiro atoms. The van der Waals surface area contributed by atoms with Gasteiger partial charge in [0, 0.05) is 11.4 Å². The molecule has 6 heteroatoms. The van der Waals surface area contributed by atoms with Crippen molar-refractivity contribution in [3.63, 3.8) is 0 Å². The fraction of sp³-hybridized carbons (Fsp3) is 0.222. The summed E-state index contributed by atoms with van der Waals surface area (Å²) in [5, 5.41) is 7.13. The van der Waals surface area contributed by atoms with Crippen LogP contribution in [-0.2, 0) is 0 Å². The topological polar surface area (TPSA) is 48.1 Å². The van der Waals surface area contributed by atoms with Crippen molar-refractivity contribution in [3.05, 3.63) is 58.7 Å². The standard InChI is InChI=1S/C18H22N4S2/c1-11-5-7-15(9-13(11)3)19-17(23)21-22-18(24)20-16-8-6-12(2)14(4)10-16/h5-10H,1-4H3,(H2,19,21,23)(H2,20,22,24). The normalized spacial score (nSPS) is 10.0. The van der Waals surface area contributed by atoms with Gasteiger partial charge in [-0.05, 0) is 98.6 Å². The number of hydrogen-bond acceptors (Lipinski definition) is 2. The zero-order chi connectivity index (χ0) is 17.7. The molecule has 2 aromatic carbocycles. The quantitative estimate of drug-likeness (QED) is 0.479. The summed E-state index contributed by atoms with van der Waals surface area (Å²) in [5.41, 5.74) is 12.5. The number of hydrogen-bond donors (Lipinski definition) is 4. The van der Waals surface area contributed by atoms with E-state index in [1.165, 1.54) is 22.3 Å². The lowest BCUT2D eigenvalue weighted by atomic mass is 10.1. The molecule has 0 saturated heterocycles. The van der Waals surface area contributed by atoms with Gasteiger partial charge in [-0.25, -0.2) is 0 Å². The Bertz CT molecular complexity index is 706. The molecule has 24 heavy (non-hydrogen) atoms. The van der Waals surface area contributed by atoms with Crippen LogP contribution in [0.1, 0.15) is 22.3 Å². The van der Waals surface area contributed by atoms with Gasteiger partial charge in [-0.1, -0.05) is 12.1 Å². The Morgan fingerprint density at radius 1 is 0.625 bits per heavy atom. The fourth-order valence-corrected chi connectivity index (χ4v) is 2.41. The van der Waals surface area contributed by atoms with Crippen LogP contribution < -0.4 is 21.5 Å². The van der Waals surface area contributed by atoms with E-state index in [1.54, 1.807) is 0 Å². The first-order chi connectivity index (χ1) is 11.3. The van der Waals surface area contributed by atoms with Gasteiger partial charge in [-0.2, -0.15) is 0 Å². The van der Waals surface area contributed by atoms with Crippen LogP contribution in [0.4, 0.5) is 11.4 Å². The molecule has 0 aliphatic heterocycles. The SMILES string of the molecule is Cc1ccc(NC(=S)NNC(=S)Nc2ccc(C)c(C)c2)cc1C. The van der Waals surface area contributed by atoms with Crippen LogP contribution in [-0.4, -0.2) is 10.2 Å². The van der Waals surface area contributed by atoms with Crippen LogP contribution in [0.3, 0.4) is 0 Å². The number of thiocarbonyl (C=S) groups is 2. The summed E-state index contributed by atoms with van der Waals surface area (Å²) >= 11 is 10.5. The second kappa shape index (κ2) is 8.08. The number of anilines is 2. The van der Waals surface area contributed by atoms with E-state index in [1.807, 2.05) is 12.1 Å². The molecular weight excluding hydrogens is 336 g/mol. The van der Waals surface area contributed by atoms with Crippen LogP contribution in [0.2, 0.25) is 0 Å². The molecule has 126 valence electrons. The smallest absolute Gasteiger partial charge is 0.189 e. The molecule has 0 amide bonds. The van der Waals surface area contributed by atoms with E-state index in [-0.39, 0.29) is 0 Å². The lowest BCUT2D eigenvalue weighted by molar-refractivity contribution is 0.885. The van der Waals surface area contributed by atoms with E-state index < -0.39 is 0 Å². The maximum absolute atomic E-state index is 5.26. The third-order valence-corrected chi connectivity index (χ3v) is 4.23. The highest BCUT2D eigenvalue weighted by atomic mass is 32.1. The third-order valence-electron chi connectivity index (χ3n) is 3.82. The monoisotopic (exact) mass is 358 g/mol. The molecule has 0 fully saturated rings. The molecule has 0 aromatic heterocycles. The molecule has 0 radical (unpaired) electrons. The van der Waals surface area contributed by atoms with E-state index >= 15 is 0 Å². The van der Waals surface area contributed by atoms with Crippen molar-refractivity contribution >= 4 is 46.0 Å². The zero-order valence-electron chi connectivity index (χ0n) is 14.3. The van der Waals surface area contributed by atoms with Crippen molar-refractivity contribution in [3.8, 4) is 0 Å². The molecule has 0 heterocycles. The van der Waals surface area contributed by atoms with Crippen molar-refractivity contribution < 1.29 is 0 Å². The molecule has 0 bridgehead atoms. The molecule has 0 unspecified atom stereocenters. The lowest BCUT2D eigenvalue weighted by Crippen LogP contribution is -2.45. The van der Waals surface area contributed by atoms with Gasteiger partial charge in [0.05, 0.1) is 0 Å². The van der Waals surface area contributed by atoms with Gasteiger partial charge in [-0.3, -0.25) is 10.9 Å². The van der Waals surface area contributed by atoms with Gasteiger partial charge in [-0.15, -0.1) is 0 Å². The molecule has 0 saturated carbocycles. The molecule has 4 nitrogen and oxygen atoms in total. The second-order valence-corrected chi connectivity index (χ2v) is 6.57. The number of aryl methyl sites for hydroxylation is 4. The third kappa shape index (κ3) is 5.18. The van der Waals surface area contributed by atoms with Gasteiger partial charge in [0.25, 0.3) is 0 Å². The minimum absolute atomic E-state index is 0.447. The van der Waals surface area contributed by atoms with Gasteiger partial charge in [0.15, 0.2) is 10.2 Å². The van der Waals surface area contributed by atoms with E-state index in [9.17, 15) is 0 Å². The average Bonchev–Trinajstić information content (AvgIpc) is 2.53. The highest BCUT2D eigenvalue weighted by molar-refractivity contribution is 7.81. The first-order valence-corrected chi connectivity index (χ1v) is 8.45. The molecular formula is C18H22N4S2. The first kappa shape index (κ1) is 18.2. The van der Waals surface area contributed by atoms with Crippen LogP contribution >= 0.6 is 24.4 Å². The van der Waals surface area contributed by atoms with E-state index in [0.29, 0.717) is 10.2 Å². The van der Waals surface area contributed by atoms with Crippen LogP contribution in [0, 0.1) is 27.7 Å². The second-order valence-electron chi connectivity index (χ2n) is 5.76. The molecule has 4 N–H and O–H groups in total. The van der Waals surface area contributed by atoms with Crippen molar-refractivity contribution in [1.82, 2.24) is 10.9 Å². The number of benzene rings is 2. The Morgan fingerprint density at radius 2 is 1.00 bits per heavy atom. The molecule has 0 atom stereocenters. The zero-order valence-corrected chi connectivity index (χ0v) is 15.9. The summed E-state index contributed by atoms with van der Waals surface area (Å²) in [6.45, 7) is 8.29. The van der Waals surface area contributed by atoms with Gasteiger partial charge in [0.2, 0.25) is 0 Å². The average molecular weight is 359 g/mol. The van der Waals surface area contributed by atoms with Gasteiger partial charge >= 0.3 is 0 Å². The van der Waals surface area contributed by atoms with Crippen molar-refractivity contribution in [1.29, 1.82) is 0 Å². The summed E-state index contributed by atoms with van der Waals surface area (Å²) < 4.78 is 0. The lowest BCUT2D eigenvalue weighted by Gasteiger charge is -2.15. The Balaban J connectivity index is 1.83. The summed E-state index contributed by atoms with van der Waals surface area (Å²) in [6, 6.07) is 12.2. The first-order valence-electron chi connectivity index (χ1n) is 7.63. The van der Waals surface area contributed by atoms with E-state index in [2.05, 4.69) is 73.4 Å². The predicted molar refractivity (Wildman–Crippen MR) is 111 cm³/mol. The minimum Gasteiger partial charge on any atom is -0.331 e. The molecule has 0 aliphatic rings. The predicted octanol–water partition coefficient (Wildman–Crippen LogP) is 4.11. The Morgan fingerprint density at radius 3 is 1.33 bits per heavy atom. The van der Waals surface area contributed by atoms with Crippen LogP contribution in [0.5, 0.6) is 0 Å². The fourth-order valence-electron chi connectivity index (χ4n) is 2.08. The minimum atomic E-state index is 0.447. The van der Waals surface area contributed by atoms with Gasteiger partial charge < -0.3 is 10.6 Å². The van der Waals surface area contributed by atoms with Crippen molar-refractivity contribution in [2.75, 3.05) is 10.6 Å². The number of rotatable bonds is 2. The highest BCUT2D eigenvalue weighted by Crippen LogP contribution is 2.14.